The van der Waals surface area contributed by atoms with E-state index in [-0.39, 0.29) is 5.13 Å². The van der Waals surface area contributed by atoms with Crippen LogP contribution in [0, 0.1) is 5.92 Å². The highest BCUT2D eigenvalue weighted by Crippen LogP contribution is 2.34. The molecule has 0 bridgehead atoms. The van der Waals surface area contributed by atoms with Gasteiger partial charge >= 0.3 is 6.18 Å². The van der Waals surface area contributed by atoms with E-state index >= 15 is 0 Å². The molecule has 21 heavy (non-hydrogen) atoms. The number of rotatable bonds is 2. The number of halogens is 3. The number of fused-ring (bicyclic) bond motifs is 1. The van der Waals surface area contributed by atoms with Crippen LogP contribution in [0.25, 0.3) is 10.2 Å². The number of para-hydroxylation sites is 1. The van der Waals surface area contributed by atoms with Crippen molar-refractivity contribution in [1.82, 2.24) is 4.98 Å². The van der Waals surface area contributed by atoms with Gasteiger partial charge in [0.05, 0.1) is 10.2 Å². The quantitative estimate of drug-likeness (QED) is 0.841. The van der Waals surface area contributed by atoms with Gasteiger partial charge in [-0.2, -0.15) is 23.3 Å². The third-order valence-corrected chi connectivity index (χ3v) is 3.94. The molecule has 2 heterocycles. The number of amides is 1. The van der Waals surface area contributed by atoms with Crippen LogP contribution in [-0.2, 0) is 4.79 Å². The fraction of sp³-hybridized carbons (Fsp3) is 0.167. The summed E-state index contributed by atoms with van der Waals surface area (Å²) in [6.45, 7) is 0. The van der Waals surface area contributed by atoms with Gasteiger partial charge in [0, 0.05) is 0 Å². The number of nitrogens with two attached hydrogens (primary N) is 1. The molecule has 9 heteroatoms. The Balaban J connectivity index is 2.07. The molecule has 2 N–H and O–H groups in total. The number of anilines is 1. The van der Waals surface area contributed by atoms with Crippen molar-refractivity contribution in [2.45, 2.75) is 6.18 Å². The van der Waals surface area contributed by atoms with E-state index in [9.17, 15) is 18.0 Å². The number of hydrogen-bond acceptors (Lipinski definition) is 4. The van der Waals surface area contributed by atoms with Gasteiger partial charge in [-0.1, -0.05) is 23.5 Å². The SMILES string of the molecule is [NH2+]=C[C@@H]1C(=O)N(c2nc3ccccc3s2)N=C1C(F)(F)F. The molecule has 1 aromatic heterocycles. The van der Waals surface area contributed by atoms with E-state index < -0.39 is 23.7 Å². The first-order chi connectivity index (χ1) is 9.91. The minimum absolute atomic E-state index is 0.0901. The molecule has 0 unspecified atom stereocenters. The number of alkyl halides is 3. The zero-order valence-electron chi connectivity index (χ0n) is 10.3. The van der Waals surface area contributed by atoms with Crippen molar-refractivity contribution in [3.8, 4) is 0 Å². The second kappa shape index (κ2) is 4.62. The Bertz CT molecular complexity index is 734. The largest absolute Gasteiger partial charge is 0.432 e. The highest BCUT2D eigenvalue weighted by atomic mass is 32.1. The molecule has 0 radical (unpaired) electrons. The van der Waals surface area contributed by atoms with Crippen LogP contribution in [-0.4, -0.2) is 29.0 Å². The van der Waals surface area contributed by atoms with Crippen molar-refractivity contribution in [1.29, 1.82) is 0 Å². The first-order valence-corrected chi connectivity index (χ1v) is 6.64. The Morgan fingerprint density at radius 1 is 1.33 bits per heavy atom. The van der Waals surface area contributed by atoms with Crippen molar-refractivity contribution in [2.24, 2.45) is 11.0 Å². The normalized spacial score (nSPS) is 19.2. The Labute approximate surface area is 120 Å². The topological polar surface area (TPSA) is 71.2 Å². The second-order valence-corrected chi connectivity index (χ2v) is 5.28. The van der Waals surface area contributed by atoms with E-state index in [0.717, 1.165) is 16.0 Å². The first kappa shape index (κ1) is 13.7. The van der Waals surface area contributed by atoms with E-state index in [2.05, 4.69) is 10.1 Å². The predicted molar refractivity (Wildman–Crippen MR) is 72.1 cm³/mol. The molecular weight excluding hydrogens is 305 g/mol. The number of carbonyl (C=O) groups is 1. The van der Waals surface area contributed by atoms with E-state index in [1.165, 1.54) is 0 Å². The van der Waals surface area contributed by atoms with Gasteiger partial charge in [0.25, 0.3) is 5.91 Å². The summed E-state index contributed by atoms with van der Waals surface area (Å²) < 4.78 is 39.3. The fourth-order valence-electron chi connectivity index (χ4n) is 1.96. The summed E-state index contributed by atoms with van der Waals surface area (Å²) in [4.78, 5) is 16.2. The average molecular weight is 313 g/mol. The number of thiazole rings is 1. The summed E-state index contributed by atoms with van der Waals surface area (Å²) >= 11 is 1.09. The van der Waals surface area contributed by atoms with Gasteiger partial charge in [-0.05, 0) is 12.1 Å². The number of hydrazone groups is 1. The van der Waals surface area contributed by atoms with E-state index in [1.807, 2.05) is 0 Å². The van der Waals surface area contributed by atoms with Crippen LogP contribution in [0.5, 0.6) is 0 Å². The number of nitrogens with zero attached hydrogens (tertiary/aromatic N) is 3. The van der Waals surface area contributed by atoms with Gasteiger partial charge in [-0.15, -0.1) is 0 Å². The fourth-order valence-corrected chi connectivity index (χ4v) is 2.88. The Hall–Kier alpha value is -2.29. The summed E-state index contributed by atoms with van der Waals surface area (Å²) in [5, 5.41) is 9.28. The summed E-state index contributed by atoms with van der Waals surface area (Å²) in [7, 11) is 0. The summed E-state index contributed by atoms with van der Waals surface area (Å²) in [6, 6.07) is 6.99. The minimum Gasteiger partial charge on any atom is -0.271 e. The van der Waals surface area contributed by atoms with Crippen molar-refractivity contribution in [3.05, 3.63) is 24.3 Å². The van der Waals surface area contributed by atoms with Gasteiger partial charge in [-0.25, -0.2) is 4.98 Å². The van der Waals surface area contributed by atoms with Gasteiger partial charge in [0.15, 0.2) is 17.8 Å². The molecule has 0 aliphatic carbocycles. The van der Waals surface area contributed by atoms with Gasteiger partial charge in [0.1, 0.15) is 0 Å². The van der Waals surface area contributed by atoms with Gasteiger partial charge in [-0.3, -0.25) is 10.2 Å². The predicted octanol–water partition coefficient (Wildman–Crippen LogP) is 1.01. The maximum Gasteiger partial charge on any atom is 0.432 e. The van der Waals surface area contributed by atoms with Crippen LogP contribution < -0.4 is 10.4 Å². The van der Waals surface area contributed by atoms with E-state index in [4.69, 9.17) is 5.41 Å². The van der Waals surface area contributed by atoms with Crippen LogP contribution >= 0.6 is 11.3 Å². The Morgan fingerprint density at radius 2 is 2.05 bits per heavy atom. The molecule has 1 aromatic carbocycles. The molecule has 1 aliphatic heterocycles. The molecule has 1 atom stereocenters. The summed E-state index contributed by atoms with van der Waals surface area (Å²) in [6.07, 6.45) is -4.02. The van der Waals surface area contributed by atoms with Crippen LogP contribution in [0.2, 0.25) is 0 Å². The first-order valence-electron chi connectivity index (χ1n) is 5.82. The number of carbonyl (C=O) groups excluding carboxylic acids is 1. The van der Waals surface area contributed by atoms with Crippen molar-refractivity contribution < 1.29 is 23.4 Å². The molecule has 3 rings (SSSR count). The lowest BCUT2D eigenvalue weighted by atomic mass is 10.1. The molecule has 0 saturated heterocycles. The molecule has 1 aliphatic rings. The molecule has 1 amide bonds. The molecule has 0 fully saturated rings. The lowest BCUT2D eigenvalue weighted by molar-refractivity contribution is -0.125. The molecule has 0 saturated carbocycles. The number of hydrogen-bond donors (Lipinski definition) is 1. The minimum atomic E-state index is -4.72. The van der Waals surface area contributed by atoms with Crippen molar-refractivity contribution in [2.75, 3.05) is 5.01 Å². The second-order valence-electron chi connectivity index (χ2n) is 4.27. The third kappa shape index (κ3) is 2.19. The Morgan fingerprint density at radius 3 is 2.62 bits per heavy atom. The summed E-state index contributed by atoms with van der Waals surface area (Å²) in [5.74, 6) is -2.46. The standard InChI is InChI=1S/C12H7F3N4OS/c13-12(14,15)9-6(5-16)10(20)19(18-9)11-17-7-3-1-2-4-8(7)21-11/h1-6,16H/p+1/t6-/m0/s1. The van der Waals surface area contributed by atoms with Crippen molar-refractivity contribution in [3.63, 3.8) is 0 Å². The molecule has 0 spiro atoms. The van der Waals surface area contributed by atoms with Gasteiger partial charge < -0.3 is 0 Å². The zero-order valence-corrected chi connectivity index (χ0v) is 11.1. The van der Waals surface area contributed by atoms with Crippen molar-refractivity contribution >= 4 is 44.5 Å². The molecular formula is C12H8F3N4OS+. The Kier molecular flexibility index (Phi) is 3.01. The lowest BCUT2D eigenvalue weighted by Crippen LogP contribution is -2.43. The molecule has 108 valence electrons. The van der Waals surface area contributed by atoms with Crippen LogP contribution in [0.4, 0.5) is 18.3 Å². The summed E-state index contributed by atoms with van der Waals surface area (Å²) in [5.41, 5.74) is -0.636. The van der Waals surface area contributed by atoms with Crippen LogP contribution in [0.1, 0.15) is 0 Å². The van der Waals surface area contributed by atoms with Crippen LogP contribution in [0.3, 0.4) is 0 Å². The number of aromatic nitrogens is 1. The smallest absolute Gasteiger partial charge is 0.271 e. The van der Waals surface area contributed by atoms with Gasteiger partial charge in [0.2, 0.25) is 5.13 Å². The monoisotopic (exact) mass is 313 g/mol. The van der Waals surface area contributed by atoms with Crippen LogP contribution in [0.15, 0.2) is 29.4 Å². The number of benzene rings is 1. The van der Waals surface area contributed by atoms with E-state index in [0.29, 0.717) is 16.7 Å². The highest BCUT2D eigenvalue weighted by Gasteiger charge is 2.51. The van der Waals surface area contributed by atoms with E-state index in [1.54, 1.807) is 24.3 Å². The molecule has 2 aromatic rings. The highest BCUT2D eigenvalue weighted by molar-refractivity contribution is 7.22. The average Bonchev–Trinajstić information content (AvgIpc) is 2.98. The lowest BCUT2D eigenvalue weighted by Gasteiger charge is -2.06. The maximum atomic E-state index is 12.9. The molecule has 5 nitrogen and oxygen atoms in total. The zero-order chi connectivity index (χ0) is 15.2. The maximum absolute atomic E-state index is 12.9. The third-order valence-electron chi connectivity index (χ3n) is 2.92.